The van der Waals surface area contributed by atoms with Gasteiger partial charge in [0.1, 0.15) is 30.2 Å². The first kappa shape index (κ1) is 18.6. The molecule has 1 fully saturated rings. The molecular formula is C15H22O9. The highest BCUT2D eigenvalue weighted by atomic mass is 16.7. The summed E-state index contributed by atoms with van der Waals surface area (Å²) in [5.74, 6) is 1.24. The van der Waals surface area contributed by atoms with Gasteiger partial charge in [-0.25, -0.2) is 0 Å². The maximum atomic E-state index is 10.0. The lowest BCUT2D eigenvalue weighted by Gasteiger charge is -2.39. The van der Waals surface area contributed by atoms with Gasteiger partial charge in [-0.05, 0) is 0 Å². The molecule has 1 saturated heterocycles. The molecule has 24 heavy (non-hydrogen) atoms. The van der Waals surface area contributed by atoms with Crippen molar-refractivity contribution in [2.45, 2.75) is 30.7 Å². The van der Waals surface area contributed by atoms with Gasteiger partial charge in [-0.2, -0.15) is 0 Å². The highest BCUT2D eigenvalue weighted by Crippen LogP contribution is 2.41. The van der Waals surface area contributed by atoms with Crippen molar-refractivity contribution in [1.29, 1.82) is 0 Å². The fourth-order valence-corrected chi connectivity index (χ4v) is 2.42. The molecular weight excluding hydrogens is 324 g/mol. The molecule has 0 amide bonds. The molecule has 0 spiro atoms. The molecule has 0 aromatic heterocycles. The summed E-state index contributed by atoms with van der Waals surface area (Å²) in [6.07, 6.45) is -6.85. The van der Waals surface area contributed by atoms with Gasteiger partial charge in [0.15, 0.2) is 11.5 Å². The molecule has 0 aliphatic carbocycles. The Kier molecular flexibility index (Phi) is 6.08. The molecule has 0 bridgehead atoms. The van der Waals surface area contributed by atoms with Crippen LogP contribution in [0.2, 0.25) is 0 Å². The van der Waals surface area contributed by atoms with E-state index in [9.17, 15) is 20.4 Å². The number of rotatable bonds is 6. The van der Waals surface area contributed by atoms with E-state index in [4.69, 9.17) is 23.7 Å². The predicted molar refractivity (Wildman–Crippen MR) is 80.5 cm³/mol. The van der Waals surface area contributed by atoms with Crippen molar-refractivity contribution in [3.05, 3.63) is 12.1 Å². The van der Waals surface area contributed by atoms with Crippen LogP contribution in [-0.4, -0.2) is 79.1 Å². The fourth-order valence-electron chi connectivity index (χ4n) is 2.42. The average Bonchev–Trinajstić information content (AvgIpc) is 2.61. The van der Waals surface area contributed by atoms with Gasteiger partial charge < -0.3 is 44.1 Å². The lowest BCUT2D eigenvalue weighted by molar-refractivity contribution is -0.277. The third kappa shape index (κ3) is 3.50. The monoisotopic (exact) mass is 346 g/mol. The number of ether oxygens (including phenoxy) is 5. The van der Waals surface area contributed by atoms with E-state index in [1.165, 1.54) is 33.5 Å². The molecule has 136 valence electrons. The molecule has 9 nitrogen and oxygen atoms in total. The first-order chi connectivity index (χ1) is 11.5. The van der Waals surface area contributed by atoms with Crippen LogP contribution in [0.3, 0.4) is 0 Å². The molecule has 9 heteroatoms. The van der Waals surface area contributed by atoms with Crippen molar-refractivity contribution >= 4 is 0 Å². The Hall–Kier alpha value is -1.78. The van der Waals surface area contributed by atoms with Crippen LogP contribution in [0.4, 0.5) is 0 Å². The molecule has 4 N–H and O–H groups in total. The van der Waals surface area contributed by atoms with Crippen LogP contribution in [0.15, 0.2) is 12.1 Å². The number of aliphatic hydroxyl groups is 4. The van der Waals surface area contributed by atoms with E-state index >= 15 is 0 Å². The van der Waals surface area contributed by atoms with E-state index in [1.807, 2.05) is 0 Å². The molecule has 1 heterocycles. The number of hydrogen-bond acceptors (Lipinski definition) is 9. The van der Waals surface area contributed by atoms with Crippen LogP contribution < -0.4 is 18.9 Å². The summed E-state index contributed by atoms with van der Waals surface area (Å²) in [4.78, 5) is 0. The van der Waals surface area contributed by atoms with Crippen LogP contribution in [0, 0.1) is 0 Å². The summed E-state index contributed by atoms with van der Waals surface area (Å²) in [5.41, 5.74) is 0. The summed E-state index contributed by atoms with van der Waals surface area (Å²) >= 11 is 0. The summed E-state index contributed by atoms with van der Waals surface area (Å²) in [5, 5.41) is 38.8. The number of methoxy groups -OCH3 is 3. The van der Waals surface area contributed by atoms with E-state index < -0.39 is 37.3 Å². The molecule has 2 rings (SSSR count). The third-order valence-corrected chi connectivity index (χ3v) is 3.74. The SMILES string of the molecule is COc1cc(OC2O[C@@H](CO)[C@H](O)[C@@H](O)[C@@H]2O)cc(OC)c1OC. The van der Waals surface area contributed by atoms with Gasteiger partial charge in [-0.3, -0.25) is 0 Å². The molecule has 1 aliphatic rings. The smallest absolute Gasteiger partial charge is 0.229 e. The third-order valence-electron chi connectivity index (χ3n) is 3.74. The van der Waals surface area contributed by atoms with Crippen LogP contribution in [-0.2, 0) is 4.74 Å². The molecule has 5 atom stereocenters. The second kappa shape index (κ2) is 7.86. The molecule has 1 aliphatic heterocycles. The van der Waals surface area contributed by atoms with Gasteiger partial charge in [0.25, 0.3) is 0 Å². The lowest BCUT2D eigenvalue weighted by Crippen LogP contribution is -2.60. The molecule has 0 radical (unpaired) electrons. The van der Waals surface area contributed by atoms with Gasteiger partial charge >= 0.3 is 0 Å². The minimum Gasteiger partial charge on any atom is -0.493 e. The highest BCUT2D eigenvalue weighted by Gasteiger charge is 2.44. The normalized spacial score (nSPS) is 29.9. The van der Waals surface area contributed by atoms with Crippen LogP contribution in [0.5, 0.6) is 23.0 Å². The zero-order valence-corrected chi connectivity index (χ0v) is 13.6. The minimum absolute atomic E-state index is 0.217. The summed E-state index contributed by atoms with van der Waals surface area (Å²) in [7, 11) is 4.34. The van der Waals surface area contributed by atoms with E-state index in [-0.39, 0.29) is 5.75 Å². The second-order valence-electron chi connectivity index (χ2n) is 5.18. The van der Waals surface area contributed by atoms with Crippen LogP contribution in [0.25, 0.3) is 0 Å². The largest absolute Gasteiger partial charge is 0.493 e. The maximum Gasteiger partial charge on any atom is 0.229 e. The van der Waals surface area contributed by atoms with Crippen molar-refractivity contribution in [3.8, 4) is 23.0 Å². The Balaban J connectivity index is 2.26. The standard InChI is InChI=1S/C15H22O9/c1-20-8-4-7(5-9(21-2)14(8)22-3)23-15-13(19)12(18)11(17)10(6-16)24-15/h4-5,10-13,15-19H,6H2,1-3H3/t10-,11-,12+,13-,15?/m0/s1. The van der Waals surface area contributed by atoms with Gasteiger partial charge in [0.2, 0.25) is 12.0 Å². The quantitative estimate of drug-likeness (QED) is 0.507. The van der Waals surface area contributed by atoms with E-state index in [0.29, 0.717) is 17.2 Å². The Bertz CT molecular complexity index is 523. The molecule has 1 aromatic rings. The van der Waals surface area contributed by atoms with Gasteiger partial charge in [-0.1, -0.05) is 0 Å². The van der Waals surface area contributed by atoms with Crippen molar-refractivity contribution in [2.24, 2.45) is 0 Å². The second-order valence-corrected chi connectivity index (χ2v) is 5.18. The minimum atomic E-state index is -1.53. The van der Waals surface area contributed by atoms with Crippen molar-refractivity contribution < 1.29 is 44.1 Å². The first-order valence-electron chi connectivity index (χ1n) is 7.24. The Morgan fingerprint density at radius 1 is 0.917 bits per heavy atom. The summed E-state index contributed by atoms with van der Waals surface area (Å²) < 4.78 is 26.4. The van der Waals surface area contributed by atoms with E-state index in [1.54, 1.807) is 0 Å². The first-order valence-corrected chi connectivity index (χ1v) is 7.24. The summed E-state index contributed by atoms with van der Waals surface area (Å²) in [6.45, 7) is -0.542. The summed E-state index contributed by atoms with van der Waals surface area (Å²) in [6, 6.07) is 2.98. The fraction of sp³-hybridized carbons (Fsp3) is 0.600. The van der Waals surface area contributed by atoms with Gasteiger partial charge in [-0.15, -0.1) is 0 Å². The van der Waals surface area contributed by atoms with Crippen molar-refractivity contribution in [1.82, 2.24) is 0 Å². The zero-order chi connectivity index (χ0) is 17.9. The van der Waals surface area contributed by atoms with E-state index in [0.717, 1.165) is 0 Å². The van der Waals surface area contributed by atoms with Crippen molar-refractivity contribution in [3.63, 3.8) is 0 Å². The zero-order valence-electron chi connectivity index (χ0n) is 13.6. The van der Waals surface area contributed by atoms with Crippen LogP contribution in [0.1, 0.15) is 0 Å². The number of aliphatic hydroxyl groups excluding tert-OH is 4. The molecule has 1 aromatic carbocycles. The Labute approximate surface area is 138 Å². The number of benzene rings is 1. The predicted octanol–water partition coefficient (Wildman–Crippen LogP) is -1.11. The topological polar surface area (TPSA) is 127 Å². The maximum absolute atomic E-state index is 10.0. The molecule has 0 saturated carbocycles. The van der Waals surface area contributed by atoms with Gasteiger partial charge in [0, 0.05) is 12.1 Å². The van der Waals surface area contributed by atoms with Crippen LogP contribution >= 0.6 is 0 Å². The highest BCUT2D eigenvalue weighted by molar-refractivity contribution is 5.55. The van der Waals surface area contributed by atoms with E-state index in [2.05, 4.69) is 0 Å². The average molecular weight is 346 g/mol. The number of hydrogen-bond donors (Lipinski definition) is 4. The Morgan fingerprint density at radius 2 is 1.50 bits per heavy atom. The van der Waals surface area contributed by atoms with Gasteiger partial charge in [0.05, 0.1) is 27.9 Å². The molecule has 1 unspecified atom stereocenters. The Morgan fingerprint density at radius 3 is 1.96 bits per heavy atom. The lowest BCUT2D eigenvalue weighted by atomic mass is 9.99. The van der Waals surface area contributed by atoms with Crippen molar-refractivity contribution in [2.75, 3.05) is 27.9 Å².